The lowest BCUT2D eigenvalue weighted by Crippen LogP contribution is -2.01. The van der Waals surface area contributed by atoms with E-state index < -0.39 is 0 Å². The zero-order valence-corrected chi connectivity index (χ0v) is 11.6. The van der Waals surface area contributed by atoms with E-state index in [1.807, 2.05) is 13.0 Å². The predicted octanol–water partition coefficient (Wildman–Crippen LogP) is 4.34. The van der Waals surface area contributed by atoms with Gasteiger partial charge < -0.3 is 4.42 Å². The summed E-state index contributed by atoms with van der Waals surface area (Å²) in [5.74, 6) is 0.217. The van der Waals surface area contributed by atoms with Gasteiger partial charge in [0.2, 0.25) is 5.78 Å². The van der Waals surface area contributed by atoms with Crippen molar-refractivity contribution < 1.29 is 9.21 Å². The summed E-state index contributed by atoms with van der Waals surface area (Å²) in [4.78, 5) is 12.0. The Balaban J connectivity index is 2.49. The molecule has 1 heterocycles. The Morgan fingerprint density at radius 1 is 1.25 bits per heavy atom. The van der Waals surface area contributed by atoms with Crippen LogP contribution in [0.3, 0.4) is 0 Å². The second-order valence-electron chi connectivity index (χ2n) is 3.39. The first-order valence-electron chi connectivity index (χ1n) is 4.63. The van der Waals surface area contributed by atoms with Crippen LogP contribution < -0.4 is 0 Å². The quantitative estimate of drug-likeness (QED) is 0.759. The highest BCUT2D eigenvalue weighted by Gasteiger charge is 2.16. The number of carbonyl (C=O) groups is 1. The van der Waals surface area contributed by atoms with Crippen LogP contribution in [-0.4, -0.2) is 5.78 Å². The molecule has 0 amide bonds. The van der Waals surface area contributed by atoms with Crippen molar-refractivity contribution in [1.29, 1.82) is 0 Å². The molecule has 0 aliphatic heterocycles. The molecule has 0 spiro atoms. The van der Waals surface area contributed by atoms with Crippen molar-refractivity contribution in [3.8, 4) is 0 Å². The van der Waals surface area contributed by atoms with Crippen LogP contribution in [0.25, 0.3) is 0 Å². The van der Waals surface area contributed by atoms with Gasteiger partial charge >= 0.3 is 0 Å². The third kappa shape index (κ3) is 2.13. The van der Waals surface area contributed by atoms with Gasteiger partial charge in [0.25, 0.3) is 0 Å². The normalized spacial score (nSPS) is 10.4. The van der Waals surface area contributed by atoms with Crippen LogP contribution in [0.15, 0.2) is 43.9 Å². The Morgan fingerprint density at radius 2 is 2.00 bits per heavy atom. The van der Waals surface area contributed by atoms with Gasteiger partial charge in [-0.05, 0) is 36.8 Å². The first kappa shape index (κ1) is 11.6. The summed E-state index contributed by atoms with van der Waals surface area (Å²) in [5.41, 5.74) is 1.66. The summed E-state index contributed by atoms with van der Waals surface area (Å²) in [6, 6.07) is 7.05. The minimum absolute atomic E-state index is 0.127. The molecule has 0 saturated carbocycles. The van der Waals surface area contributed by atoms with Crippen LogP contribution in [0.1, 0.15) is 21.7 Å². The van der Waals surface area contributed by atoms with Crippen molar-refractivity contribution in [1.82, 2.24) is 0 Å². The van der Waals surface area contributed by atoms with Gasteiger partial charge in [0.1, 0.15) is 0 Å². The highest BCUT2D eigenvalue weighted by Crippen LogP contribution is 2.27. The van der Waals surface area contributed by atoms with E-state index >= 15 is 0 Å². The van der Waals surface area contributed by atoms with E-state index in [0.29, 0.717) is 11.3 Å². The van der Waals surface area contributed by atoms with Crippen molar-refractivity contribution in [3.05, 3.63) is 56.4 Å². The van der Waals surface area contributed by atoms with Gasteiger partial charge in [-0.2, -0.15) is 0 Å². The standard InChI is InChI=1S/C12H8Br2O2/c1-7-5-10(14)8(6-9(7)13)12(15)11-3-2-4-16-11/h2-6H,1H3. The molecule has 0 radical (unpaired) electrons. The summed E-state index contributed by atoms with van der Waals surface area (Å²) < 4.78 is 6.77. The molecule has 0 saturated heterocycles. The molecule has 0 N–H and O–H groups in total. The molecule has 1 aromatic carbocycles. The second kappa shape index (κ2) is 4.55. The van der Waals surface area contributed by atoms with Crippen molar-refractivity contribution in [2.75, 3.05) is 0 Å². The largest absolute Gasteiger partial charge is 0.461 e. The third-order valence-corrected chi connectivity index (χ3v) is 3.75. The Hall–Kier alpha value is -0.870. The number of hydrogen-bond donors (Lipinski definition) is 0. The van der Waals surface area contributed by atoms with E-state index in [1.165, 1.54) is 6.26 Å². The molecule has 0 fully saturated rings. The molecule has 1 aromatic heterocycles. The maximum atomic E-state index is 12.0. The van der Waals surface area contributed by atoms with Gasteiger partial charge in [0, 0.05) is 14.5 Å². The lowest BCUT2D eigenvalue weighted by molar-refractivity contribution is 0.101. The molecule has 0 atom stereocenters. The summed E-state index contributed by atoms with van der Waals surface area (Å²) in [6.45, 7) is 1.97. The van der Waals surface area contributed by atoms with Crippen LogP contribution in [0.4, 0.5) is 0 Å². The van der Waals surface area contributed by atoms with Crippen molar-refractivity contribution in [3.63, 3.8) is 0 Å². The van der Waals surface area contributed by atoms with Gasteiger partial charge in [-0.15, -0.1) is 0 Å². The van der Waals surface area contributed by atoms with Gasteiger partial charge in [-0.3, -0.25) is 4.79 Å². The van der Waals surface area contributed by atoms with E-state index in [-0.39, 0.29) is 5.78 Å². The Morgan fingerprint density at radius 3 is 2.62 bits per heavy atom. The SMILES string of the molecule is Cc1cc(Br)c(C(=O)c2ccco2)cc1Br. The topological polar surface area (TPSA) is 30.2 Å². The zero-order chi connectivity index (χ0) is 11.7. The van der Waals surface area contributed by atoms with E-state index in [4.69, 9.17) is 4.42 Å². The summed E-state index contributed by atoms with van der Waals surface area (Å²) >= 11 is 6.79. The van der Waals surface area contributed by atoms with Crippen LogP contribution in [-0.2, 0) is 0 Å². The third-order valence-electron chi connectivity index (χ3n) is 2.24. The van der Waals surface area contributed by atoms with Crippen LogP contribution in [0.2, 0.25) is 0 Å². The number of aryl methyl sites for hydroxylation is 1. The molecular weight excluding hydrogens is 336 g/mol. The minimum Gasteiger partial charge on any atom is -0.461 e. The average Bonchev–Trinajstić information content (AvgIpc) is 2.75. The van der Waals surface area contributed by atoms with E-state index in [0.717, 1.165) is 14.5 Å². The molecule has 2 aromatic rings. The predicted molar refractivity (Wildman–Crippen MR) is 68.7 cm³/mol. The molecule has 82 valence electrons. The Labute approximate surface area is 110 Å². The lowest BCUT2D eigenvalue weighted by Gasteiger charge is -2.05. The van der Waals surface area contributed by atoms with Gasteiger partial charge in [-0.25, -0.2) is 0 Å². The first-order valence-corrected chi connectivity index (χ1v) is 6.22. The zero-order valence-electron chi connectivity index (χ0n) is 8.46. The molecule has 0 aliphatic carbocycles. The number of halogens is 2. The molecule has 0 bridgehead atoms. The number of furan rings is 1. The van der Waals surface area contributed by atoms with Gasteiger partial charge in [0.05, 0.1) is 6.26 Å². The molecule has 4 heteroatoms. The van der Waals surface area contributed by atoms with Gasteiger partial charge in [0.15, 0.2) is 5.76 Å². The van der Waals surface area contributed by atoms with E-state index in [1.54, 1.807) is 18.2 Å². The fourth-order valence-electron chi connectivity index (χ4n) is 1.36. The maximum absolute atomic E-state index is 12.0. The second-order valence-corrected chi connectivity index (χ2v) is 5.10. The maximum Gasteiger partial charge on any atom is 0.229 e. The lowest BCUT2D eigenvalue weighted by atomic mass is 10.1. The van der Waals surface area contributed by atoms with Crippen LogP contribution in [0, 0.1) is 6.92 Å². The molecule has 2 nitrogen and oxygen atoms in total. The van der Waals surface area contributed by atoms with Crippen LogP contribution in [0.5, 0.6) is 0 Å². The molecule has 2 rings (SSSR count). The van der Waals surface area contributed by atoms with Crippen molar-refractivity contribution in [2.45, 2.75) is 6.92 Å². The Bertz CT molecular complexity index is 530. The number of carbonyl (C=O) groups excluding carboxylic acids is 1. The van der Waals surface area contributed by atoms with E-state index in [2.05, 4.69) is 31.9 Å². The monoisotopic (exact) mass is 342 g/mol. The van der Waals surface area contributed by atoms with E-state index in [9.17, 15) is 4.79 Å². The highest BCUT2D eigenvalue weighted by molar-refractivity contribution is 9.11. The fraction of sp³-hybridized carbons (Fsp3) is 0.0833. The molecule has 16 heavy (non-hydrogen) atoms. The molecule has 0 unspecified atom stereocenters. The first-order chi connectivity index (χ1) is 7.59. The number of benzene rings is 1. The molecule has 0 aliphatic rings. The molecular formula is C12H8Br2O2. The highest BCUT2D eigenvalue weighted by atomic mass is 79.9. The number of rotatable bonds is 2. The minimum atomic E-state index is -0.127. The van der Waals surface area contributed by atoms with Crippen LogP contribution >= 0.6 is 31.9 Å². The van der Waals surface area contributed by atoms with Gasteiger partial charge in [-0.1, -0.05) is 31.9 Å². The Kier molecular flexibility index (Phi) is 3.30. The summed E-state index contributed by atoms with van der Waals surface area (Å²) in [5, 5.41) is 0. The fourth-order valence-corrected chi connectivity index (χ4v) is 2.34. The smallest absolute Gasteiger partial charge is 0.229 e. The van der Waals surface area contributed by atoms with Crippen molar-refractivity contribution in [2.24, 2.45) is 0 Å². The number of ketones is 1. The van der Waals surface area contributed by atoms with Crippen molar-refractivity contribution >= 4 is 37.6 Å². The average molecular weight is 344 g/mol. The summed E-state index contributed by atoms with van der Waals surface area (Å²) in [6.07, 6.45) is 1.49. The summed E-state index contributed by atoms with van der Waals surface area (Å²) in [7, 11) is 0. The number of hydrogen-bond acceptors (Lipinski definition) is 2.